The number of fused-ring (bicyclic) bond motifs is 20. The van der Waals surface area contributed by atoms with Crippen molar-refractivity contribution in [1.82, 2.24) is 19.9 Å². The Labute approximate surface area is 253 Å². The van der Waals surface area contributed by atoms with Crippen molar-refractivity contribution in [3.63, 3.8) is 0 Å². The Balaban J connectivity index is 0.00000144. The molecule has 2 aliphatic heterocycles. The van der Waals surface area contributed by atoms with Crippen LogP contribution in [-0.4, -0.2) is 15.0 Å². The normalized spacial score (nSPS) is 11.4. The van der Waals surface area contributed by atoms with Gasteiger partial charge in [0.2, 0.25) is 0 Å². The summed E-state index contributed by atoms with van der Waals surface area (Å²) in [7, 11) is 0. The third-order valence-corrected chi connectivity index (χ3v) is 8.05. The third kappa shape index (κ3) is 3.82. The van der Waals surface area contributed by atoms with Crippen LogP contribution in [0.3, 0.4) is 0 Å². The second kappa shape index (κ2) is 9.85. The van der Waals surface area contributed by atoms with Crippen LogP contribution in [0.15, 0.2) is 121 Å². The summed E-state index contributed by atoms with van der Waals surface area (Å²) < 4.78 is 0. The molecule has 0 spiro atoms. The van der Waals surface area contributed by atoms with Crippen molar-refractivity contribution < 1.29 is 17.1 Å². The minimum atomic E-state index is 0. The van der Waals surface area contributed by atoms with Crippen LogP contribution in [0.25, 0.3) is 88.6 Å². The van der Waals surface area contributed by atoms with Crippen molar-refractivity contribution in [2.45, 2.75) is 0 Å². The molecule has 0 unspecified atom stereocenters. The number of rotatable bonds is 0. The van der Waals surface area contributed by atoms with Gasteiger partial charge in [-0.2, -0.15) is 0 Å². The average Bonchev–Trinajstić information content (AvgIpc) is 3.73. The van der Waals surface area contributed by atoms with E-state index in [4.69, 9.17) is 15.0 Å². The summed E-state index contributed by atoms with van der Waals surface area (Å²) in [6.07, 6.45) is 0. The second-order valence-electron chi connectivity index (χ2n) is 10.4. The monoisotopic (exact) mass is 587 g/mol. The van der Waals surface area contributed by atoms with Gasteiger partial charge >= 0.3 is 17.1 Å². The van der Waals surface area contributed by atoms with E-state index in [9.17, 15) is 0 Å². The Bertz CT molecular complexity index is 2020. The Morgan fingerprint density at radius 1 is 0.429 bits per heavy atom. The molecule has 0 aliphatic carbocycles. The van der Waals surface area contributed by atoms with Crippen LogP contribution in [0.4, 0.5) is 0 Å². The Morgan fingerprint density at radius 2 is 0.762 bits per heavy atom. The molecule has 0 amide bonds. The minimum absolute atomic E-state index is 0. The van der Waals surface area contributed by atoms with Crippen LogP contribution in [0.1, 0.15) is 0 Å². The van der Waals surface area contributed by atoms with Gasteiger partial charge < -0.3 is 17.4 Å². The summed E-state index contributed by atoms with van der Waals surface area (Å²) in [5, 5.41) is 4.54. The summed E-state index contributed by atoms with van der Waals surface area (Å²) in [5.41, 5.74) is 12.1. The number of hydrogen-bond donors (Lipinski definition) is 1. The summed E-state index contributed by atoms with van der Waals surface area (Å²) in [4.78, 5) is 19.1. The molecule has 0 saturated heterocycles. The van der Waals surface area contributed by atoms with E-state index in [0.717, 1.165) is 88.6 Å². The fourth-order valence-electron chi connectivity index (χ4n) is 6.19. The predicted octanol–water partition coefficient (Wildman–Crippen LogP) is 9.37. The zero-order valence-electron chi connectivity index (χ0n) is 22.7. The molecule has 1 N–H and O–H groups in total. The molecule has 5 heterocycles. The zero-order chi connectivity index (χ0) is 26.2. The summed E-state index contributed by atoms with van der Waals surface area (Å²) >= 11 is 0. The fourth-order valence-corrected chi connectivity index (χ4v) is 6.19. The van der Waals surface area contributed by atoms with E-state index in [0.29, 0.717) is 0 Å². The first-order valence-corrected chi connectivity index (χ1v) is 13.5. The molecule has 0 saturated carbocycles. The molecule has 203 valence electrons. The standard InChI is InChI=1S/C36H21N4.CH3.Cu/c1-2-10-22-21(9-1)29-17-31-23-11-3-4-12-24(23)33(38-31)19-35-27-15-7-8-16-28(27)36(40-35)20-34-26-14-6-5-13-25(26)32(39-34)18-30(22)37-29;;/h1-20,37H;1H3;/q2*-1;+2. The van der Waals surface area contributed by atoms with Crippen molar-refractivity contribution in [3.05, 3.63) is 129 Å². The van der Waals surface area contributed by atoms with Gasteiger partial charge in [-0.05, 0) is 35.0 Å². The molecule has 1 radical (unpaired) electrons. The molecule has 42 heavy (non-hydrogen) atoms. The molecular weight excluding hydrogens is 564 g/mol. The van der Waals surface area contributed by atoms with E-state index in [1.165, 1.54) is 0 Å². The molecular formula is C37H24CuN4. The number of benzene rings is 4. The van der Waals surface area contributed by atoms with Gasteiger partial charge in [-0.3, -0.25) is 0 Å². The van der Waals surface area contributed by atoms with Crippen LogP contribution < -0.4 is 4.98 Å². The maximum Gasteiger partial charge on any atom is 2.00 e. The molecule has 0 atom stereocenters. The van der Waals surface area contributed by atoms with E-state index in [2.05, 4.69) is 126 Å². The van der Waals surface area contributed by atoms with E-state index < -0.39 is 0 Å². The average molecular weight is 588 g/mol. The van der Waals surface area contributed by atoms with Crippen molar-refractivity contribution in [2.24, 2.45) is 0 Å². The number of hydrogen-bond acceptors (Lipinski definition) is 2. The summed E-state index contributed by atoms with van der Waals surface area (Å²) in [6.45, 7) is 0. The quantitative estimate of drug-likeness (QED) is 0.142. The van der Waals surface area contributed by atoms with Gasteiger partial charge in [0.05, 0.1) is 22.8 Å². The smallest absolute Gasteiger partial charge is 0.657 e. The number of nitrogens with one attached hydrogen (secondary N) is 1. The second-order valence-corrected chi connectivity index (χ2v) is 10.4. The molecule has 4 aromatic carbocycles. The van der Waals surface area contributed by atoms with Gasteiger partial charge in [-0.25, -0.2) is 9.97 Å². The minimum Gasteiger partial charge on any atom is -0.657 e. The molecule has 9 rings (SSSR count). The van der Waals surface area contributed by atoms with Crippen LogP contribution in [0.2, 0.25) is 0 Å². The van der Waals surface area contributed by atoms with Crippen molar-refractivity contribution in [2.75, 3.05) is 0 Å². The number of H-pyrrole nitrogens is 1. The summed E-state index contributed by atoms with van der Waals surface area (Å²) in [6, 6.07) is 42.4. The fraction of sp³-hybridized carbons (Fsp3) is 0. The molecule has 5 heteroatoms. The first kappa shape index (κ1) is 26.0. The first-order valence-electron chi connectivity index (χ1n) is 13.5. The molecule has 8 bridgehead atoms. The zero-order valence-corrected chi connectivity index (χ0v) is 23.6. The Morgan fingerprint density at radius 3 is 1.17 bits per heavy atom. The summed E-state index contributed by atoms with van der Waals surface area (Å²) in [5.74, 6) is 0. The van der Waals surface area contributed by atoms with Gasteiger partial charge in [0.25, 0.3) is 0 Å². The van der Waals surface area contributed by atoms with Gasteiger partial charge in [0.15, 0.2) is 0 Å². The Kier molecular flexibility index (Phi) is 6.09. The molecule has 4 nitrogen and oxygen atoms in total. The van der Waals surface area contributed by atoms with Crippen LogP contribution >= 0.6 is 0 Å². The molecule has 2 aliphatic rings. The van der Waals surface area contributed by atoms with Gasteiger partial charge in [-0.15, -0.1) is 11.0 Å². The van der Waals surface area contributed by atoms with Gasteiger partial charge in [0, 0.05) is 44.1 Å². The Hall–Kier alpha value is -4.96. The first-order chi connectivity index (χ1) is 19.8. The largest absolute Gasteiger partial charge is 2.00 e. The molecule has 7 aromatic rings. The number of nitrogens with zero attached hydrogens (tertiary/aromatic N) is 3. The van der Waals surface area contributed by atoms with Crippen molar-refractivity contribution in [3.8, 4) is 45.0 Å². The van der Waals surface area contributed by atoms with Gasteiger partial charge in [0.1, 0.15) is 0 Å². The number of aromatic nitrogens is 4. The SMILES string of the molecule is [CH3-].[Cu+2].c1ccc2c(c1)-c1cc3[n-]c(cc4nc(cc5[nH]c(cc-2n1)c1ccccc51)-c1ccccc1-4)c1ccccc31. The molecule has 3 aromatic heterocycles. The predicted molar refractivity (Wildman–Crippen MR) is 170 cm³/mol. The van der Waals surface area contributed by atoms with Crippen LogP contribution in [0, 0.1) is 7.43 Å². The van der Waals surface area contributed by atoms with Crippen LogP contribution in [-0.2, 0) is 17.1 Å². The molecule has 0 fully saturated rings. The van der Waals surface area contributed by atoms with E-state index >= 15 is 0 Å². The van der Waals surface area contributed by atoms with E-state index in [1.807, 2.05) is 0 Å². The number of aromatic amines is 1. The van der Waals surface area contributed by atoms with Gasteiger partial charge in [-0.1, -0.05) is 97.1 Å². The van der Waals surface area contributed by atoms with E-state index in [-0.39, 0.29) is 24.5 Å². The topological polar surface area (TPSA) is 55.7 Å². The van der Waals surface area contributed by atoms with E-state index in [1.54, 1.807) is 0 Å². The third-order valence-electron chi connectivity index (χ3n) is 8.05. The maximum absolute atomic E-state index is 5.15. The van der Waals surface area contributed by atoms with Crippen molar-refractivity contribution >= 4 is 43.6 Å². The van der Waals surface area contributed by atoms with Crippen LogP contribution in [0.5, 0.6) is 0 Å². The maximum atomic E-state index is 5.15. The van der Waals surface area contributed by atoms with Crippen molar-refractivity contribution in [1.29, 1.82) is 0 Å².